The number of nitrogens with one attached hydrogen (secondary N) is 1. The van der Waals surface area contributed by atoms with Crippen LogP contribution >= 0.6 is 0 Å². The van der Waals surface area contributed by atoms with Crippen LogP contribution in [0.4, 0.5) is 0 Å². The second kappa shape index (κ2) is 6.12. The molecule has 1 aromatic carbocycles. The lowest BCUT2D eigenvalue weighted by molar-refractivity contribution is 0.0578. The molecule has 4 nitrogen and oxygen atoms in total. The SMILES string of the molecule is COc1ccc(COC(C)CC(=N)N)cc1. The minimum Gasteiger partial charge on any atom is -0.497 e. The number of benzene rings is 1. The van der Waals surface area contributed by atoms with E-state index in [1.54, 1.807) is 7.11 Å². The minimum atomic E-state index is -0.0281. The number of ether oxygens (including phenoxy) is 2. The Morgan fingerprint density at radius 3 is 2.50 bits per heavy atom. The summed E-state index contributed by atoms with van der Waals surface area (Å²) in [6, 6.07) is 7.71. The van der Waals surface area contributed by atoms with Crippen molar-refractivity contribution in [2.24, 2.45) is 5.73 Å². The lowest BCUT2D eigenvalue weighted by Gasteiger charge is -2.12. The van der Waals surface area contributed by atoms with Gasteiger partial charge in [-0.1, -0.05) is 12.1 Å². The van der Waals surface area contributed by atoms with Crippen molar-refractivity contribution in [2.75, 3.05) is 7.11 Å². The third kappa shape index (κ3) is 4.31. The average Bonchev–Trinajstić information content (AvgIpc) is 2.26. The van der Waals surface area contributed by atoms with E-state index in [1.165, 1.54) is 0 Å². The average molecular weight is 222 g/mol. The zero-order valence-corrected chi connectivity index (χ0v) is 9.69. The van der Waals surface area contributed by atoms with E-state index >= 15 is 0 Å². The highest BCUT2D eigenvalue weighted by molar-refractivity contribution is 5.77. The fourth-order valence-corrected chi connectivity index (χ4v) is 1.33. The van der Waals surface area contributed by atoms with Gasteiger partial charge in [-0.3, -0.25) is 5.41 Å². The third-order valence-electron chi connectivity index (χ3n) is 2.20. The Bertz CT molecular complexity index is 335. The largest absolute Gasteiger partial charge is 0.497 e. The molecule has 1 unspecified atom stereocenters. The Kier molecular flexibility index (Phi) is 4.79. The van der Waals surface area contributed by atoms with Crippen molar-refractivity contribution in [3.63, 3.8) is 0 Å². The molecule has 88 valence electrons. The van der Waals surface area contributed by atoms with Crippen LogP contribution < -0.4 is 10.5 Å². The van der Waals surface area contributed by atoms with Gasteiger partial charge in [0.25, 0.3) is 0 Å². The van der Waals surface area contributed by atoms with Crippen molar-refractivity contribution < 1.29 is 9.47 Å². The van der Waals surface area contributed by atoms with Crippen molar-refractivity contribution in [3.05, 3.63) is 29.8 Å². The van der Waals surface area contributed by atoms with Crippen LogP contribution in [-0.4, -0.2) is 19.0 Å². The van der Waals surface area contributed by atoms with Crippen molar-refractivity contribution in [2.45, 2.75) is 26.1 Å². The van der Waals surface area contributed by atoms with Crippen molar-refractivity contribution in [1.82, 2.24) is 0 Å². The summed E-state index contributed by atoms with van der Waals surface area (Å²) in [7, 11) is 1.64. The molecule has 0 aliphatic carbocycles. The van der Waals surface area contributed by atoms with E-state index < -0.39 is 0 Å². The third-order valence-corrected chi connectivity index (χ3v) is 2.20. The van der Waals surface area contributed by atoms with Crippen LogP contribution in [0.1, 0.15) is 18.9 Å². The van der Waals surface area contributed by atoms with Gasteiger partial charge in [0, 0.05) is 6.42 Å². The predicted octanol–water partition coefficient (Wildman–Crippen LogP) is 1.93. The molecule has 1 rings (SSSR count). The van der Waals surface area contributed by atoms with Gasteiger partial charge < -0.3 is 15.2 Å². The summed E-state index contributed by atoms with van der Waals surface area (Å²) in [6.07, 6.45) is 0.440. The van der Waals surface area contributed by atoms with Gasteiger partial charge >= 0.3 is 0 Å². The second-order valence-electron chi connectivity index (χ2n) is 3.70. The highest BCUT2D eigenvalue weighted by Gasteiger charge is 2.04. The molecule has 4 heteroatoms. The first kappa shape index (κ1) is 12.5. The number of amidine groups is 1. The normalized spacial score (nSPS) is 12.1. The van der Waals surface area contributed by atoms with Crippen molar-refractivity contribution >= 4 is 5.84 Å². The Morgan fingerprint density at radius 1 is 1.38 bits per heavy atom. The maximum Gasteiger partial charge on any atom is 0.118 e. The van der Waals surface area contributed by atoms with Crippen LogP contribution in [0.25, 0.3) is 0 Å². The minimum absolute atomic E-state index is 0.0281. The van der Waals surface area contributed by atoms with Gasteiger partial charge in [-0.25, -0.2) is 0 Å². The Hall–Kier alpha value is -1.55. The molecule has 0 saturated carbocycles. The van der Waals surface area contributed by atoms with Gasteiger partial charge in [0.1, 0.15) is 5.75 Å². The summed E-state index contributed by atoms with van der Waals surface area (Å²) in [5.74, 6) is 0.989. The van der Waals surface area contributed by atoms with Crippen molar-refractivity contribution in [3.8, 4) is 5.75 Å². The summed E-state index contributed by atoms with van der Waals surface area (Å²) >= 11 is 0. The van der Waals surface area contributed by atoms with Gasteiger partial charge in [-0.15, -0.1) is 0 Å². The molecule has 0 aliphatic rings. The van der Waals surface area contributed by atoms with Crippen LogP contribution in [0.2, 0.25) is 0 Å². The van der Waals surface area contributed by atoms with Gasteiger partial charge in [0.2, 0.25) is 0 Å². The van der Waals surface area contributed by atoms with E-state index in [0.29, 0.717) is 13.0 Å². The first-order valence-electron chi connectivity index (χ1n) is 5.19. The number of rotatable bonds is 6. The van der Waals surface area contributed by atoms with Gasteiger partial charge in [-0.05, 0) is 24.6 Å². The van der Waals surface area contributed by atoms with Crippen LogP contribution in [-0.2, 0) is 11.3 Å². The first-order valence-corrected chi connectivity index (χ1v) is 5.19. The summed E-state index contributed by atoms with van der Waals surface area (Å²) in [6.45, 7) is 2.43. The van der Waals surface area contributed by atoms with Gasteiger partial charge in [0.15, 0.2) is 0 Å². The number of hydrogen-bond acceptors (Lipinski definition) is 3. The zero-order chi connectivity index (χ0) is 12.0. The first-order chi connectivity index (χ1) is 7.61. The van der Waals surface area contributed by atoms with Crippen LogP contribution in [0.5, 0.6) is 5.75 Å². The molecular formula is C12H18N2O2. The van der Waals surface area contributed by atoms with Crippen LogP contribution in [0.3, 0.4) is 0 Å². The maximum atomic E-state index is 7.14. The van der Waals surface area contributed by atoms with Crippen LogP contribution in [0, 0.1) is 5.41 Å². The van der Waals surface area contributed by atoms with E-state index in [-0.39, 0.29) is 11.9 Å². The van der Waals surface area contributed by atoms with E-state index in [2.05, 4.69) is 0 Å². The number of methoxy groups -OCH3 is 1. The molecule has 0 spiro atoms. The van der Waals surface area contributed by atoms with E-state index in [0.717, 1.165) is 11.3 Å². The molecule has 3 N–H and O–H groups in total. The maximum absolute atomic E-state index is 7.14. The zero-order valence-electron chi connectivity index (χ0n) is 9.69. The Morgan fingerprint density at radius 2 is 2.00 bits per heavy atom. The fourth-order valence-electron chi connectivity index (χ4n) is 1.33. The topological polar surface area (TPSA) is 68.3 Å². The molecule has 0 amide bonds. The lowest BCUT2D eigenvalue weighted by atomic mass is 10.2. The monoisotopic (exact) mass is 222 g/mol. The standard InChI is InChI=1S/C12H18N2O2/c1-9(7-12(13)14)16-8-10-3-5-11(15-2)6-4-10/h3-6,9H,7-8H2,1-2H3,(H3,13,14). The second-order valence-corrected chi connectivity index (χ2v) is 3.70. The van der Waals surface area contributed by atoms with Gasteiger partial charge in [0.05, 0.1) is 25.7 Å². The fraction of sp³-hybridized carbons (Fsp3) is 0.417. The molecular weight excluding hydrogens is 204 g/mol. The summed E-state index contributed by atoms with van der Waals surface area (Å²) in [4.78, 5) is 0. The number of hydrogen-bond donors (Lipinski definition) is 2. The summed E-state index contributed by atoms with van der Waals surface area (Å²) in [5.41, 5.74) is 6.37. The molecule has 0 saturated heterocycles. The molecule has 1 aromatic rings. The Labute approximate surface area is 95.9 Å². The molecule has 0 heterocycles. The van der Waals surface area contributed by atoms with Gasteiger partial charge in [-0.2, -0.15) is 0 Å². The smallest absolute Gasteiger partial charge is 0.118 e. The molecule has 0 radical (unpaired) electrons. The summed E-state index contributed by atoms with van der Waals surface area (Å²) < 4.78 is 10.6. The molecule has 0 bridgehead atoms. The van der Waals surface area contributed by atoms with E-state index in [9.17, 15) is 0 Å². The molecule has 16 heavy (non-hydrogen) atoms. The predicted molar refractivity (Wildman–Crippen MR) is 63.8 cm³/mol. The van der Waals surface area contributed by atoms with E-state index in [4.69, 9.17) is 20.6 Å². The van der Waals surface area contributed by atoms with Crippen LogP contribution in [0.15, 0.2) is 24.3 Å². The molecule has 0 fully saturated rings. The van der Waals surface area contributed by atoms with Crippen molar-refractivity contribution in [1.29, 1.82) is 5.41 Å². The lowest BCUT2D eigenvalue weighted by Crippen LogP contribution is -2.19. The molecule has 0 aliphatic heterocycles. The number of nitrogens with two attached hydrogens (primary N) is 1. The summed E-state index contributed by atoms with van der Waals surface area (Å²) in [5, 5.41) is 7.14. The molecule has 0 aromatic heterocycles. The molecule has 1 atom stereocenters. The quantitative estimate of drug-likeness (QED) is 0.570. The Balaban J connectivity index is 2.39. The van der Waals surface area contributed by atoms with E-state index in [1.807, 2.05) is 31.2 Å². The highest BCUT2D eigenvalue weighted by atomic mass is 16.5. The highest BCUT2D eigenvalue weighted by Crippen LogP contribution is 2.12.